The second-order valence-corrected chi connectivity index (χ2v) is 6.76. The quantitative estimate of drug-likeness (QED) is 0.611. The molecule has 0 unspecified atom stereocenters. The SMILES string of the molecule is COc1cccc(C=C2SC(=S)N(c3ccccc3C)C2=O)c1. The Bertz CT molecular complexity index is 814. The van der Waals surface area contributed by atoms with E-state index in [0.717, 1.165) is 22.6 Å². The summed E-state index contributed by atoms with van der Waals surface area (Å²) in [4.78, 5) is 15.0. The third-order valence-electron chi connectivity index (χ3n) is 3.54. The third kappa shape index (κ3) is 3.16. The predicted molar refractivity (Wildman–Crippen MR) is 99.8 cm³/mol. The smallest absolute Gasteiger partial charge is 0.270 e. The largest absolute Gasteiger partial charge is 0.497 e. The van der Waals surface area contributed by atoms with Crippen LogP contribution in [0.15, 0.2) is 53.4 Å². The summed E-state index contributed by atoms with van der Waals surface area (Å²) in [5.41, 5.74) is 2.77. The molecule has 0 spiro atoms. The standard InChI is InChI=1S/C18H15NO2S2/c1-12-6-3-4-9-15(12)19-17(20)16(23-18(19)22)11-13-7-5-8-14(10-13)21-2/h3-11H,1-2H3. The molecule has 0 N–H and O–H groups in total. The molecule has 3 rings (SSSR count). The molecule has 1 heterocycles. The van der Waals surface area contributed by atoms with Crippen molar-refractivity contribution in [2.24, 2.45) is 0 Å². The van der Waals surface area contributed by atoms with E-state index in [0.29, 0.717) is 9.23 Å². The molecule has 0 atom stereocenters. The zero-order valence-corrected chi connectivity index (χ0v) is 14.4. The number of aryl methyl sites for hydroxylation is 1. The third-order valence-corrected chi connectivity index (χ3v) is 4.84. The second-order valence-electron chi connectivity index (χ2n) is 5.08. The molecule has 3 nitrogen and oxygen atoms in total. The summed E-state index contributed by atoms with van der Waals surface area (Å²) in [7, 11) is 1.62. The number of ether oxygens (including phenoxy) is 1. The molecule has 1 fully saturated rings. The average molecular weight is 341 g/mol. The van der Waals surface area contributed by atoms with E-state index in [1.54, 1.807) is 12.0 Å². The number of amides is 1. The average Bonchev–Trinajstić information content (AvgIpc) is 2.82. The minimum absolute atomic E-state index is 0.0860. The van der Waals surface area contributed by atoms with Crippen LogP contribution in [-0.2, 0) is 4.79 Å². The van der Waals surface area contributed by atoms with Crippen LogP contribution in [0.3, 0.4) is 0 Å². The number of benzene rings is 2. The number of anilines is 1. The fourth-order valence-corrected chi connectivity index (χ4v) is 3.66. The van der Waals surface area contributed by atoms with Gasteiger partial charge in [-0.3, -0.25) is 9.69 Å². The molecule has 1 aliphatic heterocycles. The van der Waals surface area contributed by atoms with Crippen LogP contribution in [-0.4, -0.2) is 17.3 Å². The minimum atomic E-state index is -0.0860. The van der Waals surface area contributed by atoms with Gasteiger partial charge in [-0.1, -0.05) is 54.3 Å². The van der Waals surface area contributed by atoms with Crippen LogP contribution < -0.4 is 9.64 Å². The first-order chi connectivity index (χ1) is 11.1. The van der Waals surface area contributed by atoms with Crippen molar-refractivity contribution in [1.29, 1.82) is 0 Å². The van der Waals surface area contributed by atoms with Gasteiger partial charge in [-0.25, -0.2) is 0 Å². The normalized spacial score (nSPS) is 16.3. The number of thiocarbonyl (C=S) groups is 1. The number of hydrogen-bond acceptors (Lipinski definition) is 4. The number of carbonyl (C=O) groups excluding carboxylic acids is 1. The summed E-state index contributed by atoms with van der Waals surface area (Å²) in [6, 6.07) is 15.3. The van der Waals surface area contributed by atoms with Crippen molar-refractivity contribution in [3.05, 3.63) is 64.6 Å². The maximum Gasteiger partial charge on any atom is 0.270 e. The molecule has 116 valence electrons. The van der Waals surface area contributed by atoms with Crippen LogP contribution in [0.25, 0.3) is 6.08 Å². The van der Waals surface area contributed by atoms with Crippen LogP contribution in [0.5, 0.6) is 5.75 Å². The van der Waals surface area contributed by atoms with E-state index in [4.69, 9.17) is 17.0 Å². The highest BCUT2D eigenvalue weighted by molar-refractivity contribution is 8.27. The van der Waals surface area contributed by atoms with Crippen LogP contribution in [0.4, 0.5) is 5.69 Å². The van der Waals surface area contributed by atoms with Gasteiger partial charge >= 0.3 is 0 Å². The Morgan fingerprint density at radius 2 is 1.96 bits per heavy atom. The molecular formula is C18H15NO2S2. The van der Waals surface area contributed by atoms with E-state index < -0.39 is 0 Å². The molecule has 1 aliphatic rings. The Morgan fingerprint density at radius 3 is 2.70 bits per heavy atom. The van der Waals surface area contributed by atoms with Crippen molar-refractivity contribution in [3.8, 4) is 5.75 Å². The van der Waals surface area contributed by atoms with Gasteiger partial charge in [-0.2, -0.15) is 0 Å². The number of carbonyl (C=O) groups is 1. The van der Waals surface area contributed by atoms with E-state index in [9.17, 15) is 4.79 Å². The summed E-state index contributed by atoms with van der Waals surface area (Å²) in [5, 5.41) is 0. The van der Waals surface area contributed by atoms with Crippen molar-refractivity contribution >= 4 is 46.0 Å². The number of thioether (sulfide) groups is 1. The van der Waals surface area contributed by atoms with Crippen LogP contribution in [0.1, 0.15) is 11.1 Å². The number of nitrogens with zero attached hydrogens (tertiary/aromatic N) is 1. The topological polar surface area (TPSA) is 29.5 Å². The van der Waals surface area contributed by atoms with Gasteiger partial charge in [0.2, 0.25) is 0 Å². The summed E-state index contributed by atoms with van der Waals surface area (Å²) in [6.45, 7) is 1.97. The zero-order valence-electron chi connectivity index (χ0n) is 12.8. The number of rotatable bonds is 3. The fourth-order valence-electron chi connectivity index (χ4n) is 2.37. The van der Waals surface area contributed by atoms with E-state index in [-0.39, 0.29) is 5.91 Å². The first kappa shape index (κ1) is 15.8. The van der Waals surface area contributed by atoms with Crippen molar-refractivity contribution in [2.45, 2.75) is 6.92 Å². The molecule has 1 saturated heterocycles. The lowest BCUT2D eigenvalue weighted by Gasteiger charge is -2.16. The Kier molecular flexibility index (Phi) is 4.50. The van der Waals surface area contributed by atoms with Gasteiger partial charge in [0.15, 0.2) is 4.32 Å². The predicted octanol–water partition coefficient (Wildman–Crippen LogP) is 4.41. The number of hydrogen-bond donors (Lipinski definition) is 0. The molecule has 0 saturated carbocycles. The molecular weight excluding hydrogens is 326 g/mol. The van der Waals surface area contributed by atoms with E-state index in [1.165, 1.54) is 11.8 Å². The van der Waals surface area contributed by atoms with Gasteiger partial charge in [0.1, 0.15) is 5.75 Å². The van der Waals surface area contributed by atoms with Gasteiger partial charge in [-0.05, 0) is 42.3 Å². The van der Waals surface area contributed by atoms with E-state index >= 15 is 0 Å². The Morgan fingerprint density at radius 1 is 1.17 bits per heavy atom. The van der Waals surface area contributed by atoms with Gasteiger partial charge < -0.3 is 4.74 Å². The second kappa shape index (κ2) is 6.56. The molecule has 0 aliphatic carbocycles. The summed E-state index contributed by atoms with van der Waals surface area (Å²) >= 11 is 6.73. The molecule has 23 heavy (non-hydrogen) atoms. The molecule has 0 aromatic heterocycles. The highest BCUT2D eigenvalue weighted by atomic mass is 32.2. The zero-order chi connectivity index (χ0) is 16.4. The Balaban J connectivity index is 1.95. The lowest BCUT2D eigenvalue weighted by Crippen LogP contribution is -2.28. The molecule has 2 aromatic rings. The van der Waals surface area contributed by atoms with Gasteiger partial charge in [0, 0.05) is 0 Å². The first-order valence-corrected chi connectivity index (χ1v) is 8.30. The van der Waals surface area contributed by atoms with Gasteiger partial charge in [0.05, 0.1) is 17.7 Å². The van der Waals surface area contributed by atoms with E-state index in [2.05, 4.69) is 0 Å². The van der Waals surface area contributed by atoms with Gasteiger partial charge in [-0.15, -0.1) is 0 Å². The molecule has 2 aromatic carbocycles. The van der Waals surface area contributed by atoms with E-state index in [1.807, 2.05) is 61.5 Å². The lowest BCUT2D eigenvalue weighted by molar-refractivity contribution is -0.113. The highest BCUT2D eigenvalue weighted by Gasteiger charge is 2.33. The van der Waals surface area contributed by atoms with Crippen molar-refractivity contribution in [2.75, 3.05) is 12.0 Å². The lowest BCUT2D eigenvalue weighted by atomic mass is 10.1. The molecule has 5 heteroatoms. The highest BCUT2D eigenvalue weighted by Crippen LogP contribution is 2.37. The number of methoxy groups -OCH3 is 1. The molecule has 1 amide bonds. The first-order valence-electron chi connectivity index (χ1n) is 7.08. The summed E-state index contributed by atoms with van der Waals surface area (Å²) < 4.78 is 5.77. The molecule has 0 radical (unpaired) electrons. The Labute approximate surface area is 144 Å². The van der Waals surface area contributed by atoms with Crippen LogP contribution >= 0.6 is 24.0 Å². The van der Waals surface area contributed by atoms with Crippen LogP contribution in [0.2, 0.25) is 0 Å². The van der Waals surface area contributed by atoms with Gasteiger partial charge in [0.25, 0.3) is 5.91 Å². The minimum Gasteiger partial charge on any atom is -0.497 e. The maximum absolute atomic E-state index is 12.7. The summed E-state index contributed by atoms with van der Waals surface area (Å²) in [6.07, 6.45) is 1.85. The Hall–Kier alpha value is -2.11. The van der Waals surface area contributed by atoms with Crippen molar-refractivity contribution in [1.82, 2.24) is 0 Å². The van der Waals surface area contributed by atoms with Crippen LogP contribution in [0, 0.1) is 6.92 Å². The van der Waals surface area contributed by atoms with Crippen molar-refractivity contribution < 1.29 is 9.53 Å². The molecule has 0 bridgehead atoms. The van der Waals surface area contributed by atoms with Crippen molar-refractivity contribution in [3.63, 3.8) is 0 Å². The maximum atomic E-state index is 12.7. The fraction of sp³-hybridized carbons (Fsp3) is 0.111. The summed E-state index contributed by atoms with van der Waals surface area (Å²) in [5.74, 6) is 0.672. The monoisotopic (exact) mass is 341 g/mol. The number of para-hydroxylation sites is 1.